The van der Waals surface area contributed by atoms with Crippen LogP contribution < -0.4 is 0 Å². The molecule has 0 amide bonds. The number of morpholine rings is 1. The molecule has 0 radical (unpaired) electrons. The smallest absolute Gasteiger partial charge is 0.306 e. The Balaban J connectivity index is 1.71. The number of nitrogens with zero attached hydrogens (tertiary/aromatic N) is 4. The van der Waals surface area contributed by atoms with Gasteiger partial charge >= 0.3 is 5.69 Å². The van der Waals surface area contributed by atoms with Crippen molar-refractivity contribution in [2.45, 2.75) is 13.0 Å². The molecule has 0 atom stereocenters. The molecule has 0 bridgehead atoms. The highest BCUT2D eigenvalue weighted by atomic mass is 16.6. The molecular weight excluding hydrogens is 224 g/mol. The van der Waals surface area contributed by atoms with Crippen LogP contribution in [0, 0.1) is 10.1 Å². The molecular formula is C10H16N4O3. The molecule has 1 aromatic rings. The zero-order valence-electron chi connectivity index (χ0n) is 9.62. The molecule has 2 heterocycles. The first kappa shape index (κ1) is 12.0. The monoisotopic (exact) mass is 240 g/mol. The van der Waals surface area contributed by atoms with Crippen molar-refractivity contribution < 1.29 is 9.66 Å². The van der Waals surface area contributed by atoms with E-state index in [1.54, 1.807) is 4.68 Å². The summed E-state index contributed by atoms with van der Waals surface area (Å²) in [5.74, 6) is 0. The highest BCUT2D eigenvalue weighted by molar-refractivity contribution is 5.20. The highest BCUT2D eigenvalue weighted by Gasteiger charge is 2.11. The zero-order chi connectivity index (χ0) is 12.1. The molecule has 1 fully saturated rings. The van der Waals surface area contributed by atoms with Gasteiger partial charge in [-0.2, -0.15) is 5.10 Å². The first-order valence-electron chi connectivity index (χ1n) is 5.72. The van der Waals surface area contributed by atoms with Crippen LogP contribution in [0.5, 0.6) is 0 Å². The summed E-state index contributed by atoms with van der Waals surface area (Å²) in [5, 5.41) is 14.4. The molecule has 0 spiro atoms. The zero-order valence-corrected chi connectivity index (χ0v) is 9.62. The van der Waals surface area contributed by atoms with E-state index in [1.165, 1.54) is 12.4 Å². The summed E-state index contributed by atoms with van der Waals surface area (Å²) < 4.78 is 6.88. The van der Waals surface area contributed by atoms with Crippen LogP contribution in [-0.4, -0.2) is 52.5 Å². The SMILES string of the molecule is O=[N+]([O-])c1cnn(CCCN2CCOCC2)c1. The van der Waals surface area contributed by atoms with E-state index in [1.807, 2.05) is 0 Å². The van der Waals surface area contributed by atoms with Crippen molar-refractivity contribution >= 4 is 5.69 Å². The van der Waals surface area contributed by atoms with Gasteiger partial charge in [-0.05, 0) is 6.42 Å². The largest absolute Gasteiger partial charge is 0.379 e. The summed E-state index contributed by atoms with van der Waals surface area (Å²) in [4.78, 5) is 12.4. The van der Waals surface area contributed by atoms with Crippen molar-refractivity contribution in [3.8, 4) is 0 Å². The lowest BCUT2D eigenvalue weighted by molar-refractivity contribution is -0.385. The maximum Gasteiger partial charge on any atom is 0.306 e. The minimum absolute atomic E-state index is 0.0522. The Morgan fingerprint density at radius 1 is 1.41 bits per heavy atom. The molecule has 1 aliphatic rings. The van der Waals surface area contributed by atoms with Crippen molar-refractivity contribution in [3.05, 3.63) is 22.5 Å². The number of hydrogen-bond acceptors (Lipinski definition) is 5. The van der Waals surface area contributed by atoms with E-state index in [4.69, 9.17) is 4.74 Å². The Labute approximate surface area is 99.1 Å². The molecule has 0 unspecified atom stereocenters. The standard InChI is InChI=1S/C10H16N4O3/c15-14(16)10-8-11-13(9-10)3-1-2-12-4-6-17-7-5-12/h8-9H,1-7H2. The third kappa shape index (κ3) is 3.50. The first-order chi connectivity index (χ1) is 8.25. The van der Waals surface area contributed by atoms with E-state index in [0.717, 1.165) is 39.3 Å². The molecule has 7 nitrogen and oxygen atoms in total. The maximum absolute atomic E-state index is 10.5. The second kappa shape index (κ2) is 5.74. The van der Waals surface area contributed by atoms with E-state index in [-0.39, 0.29) is 5.69 Å². The van der Waals surface area contributed by atoms with Gasteiger partial charge < -0.3 is 4.74 Å². The number of nitro groups is 1. The molecule has 1 aliphatic heterocycles. The van der Waals surface area contributed by atoms with Crippen LogP contribution in [0.15, 0.2) is 12.4 Å². The van der Waals surface area contributed by atoms with Gasteiger partial charge in [0.15, 0.2) is 0 Å². The van der Waals surface area contributed by atoms with E-state index in [2.05, 4.69) is 10.00 Å². The first-order valence-corrected chi connectivity index (χ1v) is 5.72. The van der Waals surface area contributed by atoms with E-state index >= 15 is 0 Å². The quantitative estimate of drug-likeness (QED) is 0.554. The third-order valence-electron chi connectivity index (χ3n) is 2.80. The van der Waals surface area contributed by atoms with E-state index in [0.29, 0.717) is 6.54 Å². The van der Waals surface area contributed by atoms with Gasteiger partial charge in [0.1, 0.15) is 12.4 Å². The maximum atomic E-state index is 10.5. The summed E-state index contributed by atoms with van der Waals surface area (Å²) in [6.45, 7) is 5.24. The Bertz CT molecular complexity index is 373. The molecule has 0 saturated carbocycles. The average molecular weight is 240 g/mol. The van der Waals surface area contributed by atoms with E-state index in [9.17, 15) is 10.1 Å². The second-order valence-corrected chi connectivity index (χ2v) is 4.03. The molecule has 1 saturated heterocycles. The number of ether oxygens (including phenoxy) is 1. The number of rotatable bonds is 5. The lowest BCUT2D eigenvalue weighted by Gasteiger charge is -2.26. The molecule has 1 aromatic heterocycles. The topological polar surface area (TPSA) is 73.4 Å². The predicted molar refractivity (Wildman–Crippen MR) is 60.8 cm³/mol. The Kier molecular flexibility index (Phi) is 4.05. The van der Waals surface area contributed by atoms with Crippen LogP contribution in [-0.2, 0) is 11.3 Å². The summed E-state index contributed by atoms with van der Waals surface area (Å²) in [6.07, 6.45) is 3.70. The van der Waals surface area contributed by atoms with Gasteiger partial charge in [-0.15, -0.1) is 0 Å². The van der Waals surface area contributed by atoms with Crippen LogP contribution in [0.3, 0.4) is 0 Å². The molecule has 0 aliphatic carbocycles. The number of hydrogen-bond donors (Lipinski definition) is 0. The van der Waals surface area contributed by atoms with E-state index < -0.39 is 4.92 Å². The molecule has 7 heteroatoms. The van der Waals surface area contributed by atoms with Crippen molar-refractivity contribution in [2.24, 2.45) is 0 Å². The number of aromatic nitrogens is 2. The average Bonchev–Trinajstić information content (AvgIpc) is 2.79. The van der Waals surface area contributed by atoms with Crippen LogP contribution in [0.25, 0.3) is 0 Å². The summed E-state index contributed by atoms with van der Waals surface area (Å²) in [6, 6.07) is 0. The molecule has 94 valence electrons. The van der Waals surface area contributed by atoms with Crippen molar-refractivity contribution in [2.75, 3.05) is 32.8 Å². The third-order valence-corrected chi connectivity index (χ3v) is 2.80. The fourth-order valence-electron chi connectivity index (χ4n) is 1.85. The van der Waals surface area contributed by atoms with Crippen LogP contribution >= 0.6 is 0 Å². The van der Waals surface area contributed by atoms with Gasteiger partial charge in [-0.3, -0.25) is 19.7 Å². The number of aryl methyl sites for hydroxylation is 1. The molecule has 2 rings (SSSR count). The van der Waals surface area contributed by atoms with Crippen molar-refractivity contribution in [3.63, 3.8) is 0 Å². The highest BCUT2D eigenvalue weighted by Crippen LogP contribution is 2.08. The minimum atomic E-state index is -0.425. The van der Waals surface area contributed by atoms with Gasteiger partial charge in [0.2, 0.25) is 0 Å². The summed E-state index contributed by atoms with van der Waals surface area (Å²) in [7, 11) is 0. The van der Waals surface area contributed by atoms with Crippen molar-refractivity contribution in [1.29, 1.82) is 0 Å². The summed E-state index contributed by atoms with van der Waals surface area (Å²) >= 11 is 0. The Morgan fingerprint density at radius 2 is 2.18 bits per heavy atom. The van der Waals surface area contributed by atoms with Crippen LogP contribution in [0.1, 0.15) is 6.42 Å². The van der Waals surface area contributed by atoms with Gasteiger partial charge in [0, 0.05) is 26.2 Å². The van der Waals surface area contributed by atoms with Gasteiger partial charge in [-0.1, -0.05) is 0 Å². The van der Waals surface area contributed by atoms with Crippen LogP contribution in [0.4, 0.5) is 5.69 Å². The minimum Gasteiger partial charge on any atom is -0.379 e. The molecule has 0 N–H and O–H groups in total. The lowest BCUT2D eigenvalue weighted by Crippen LogP contribution is -2.37. The summed E-state index contributed by atoms with van der Waals surface area (Å²) in [5.41, 5.74) is 0.0522. The fourth-order valence-corrected chi connectivity index (χ4v) is 1.85. The molecule has 17 heavy (non-hydrogen) atoms. The van der Waals surface area contributed by atoms with Crippen LogP contribution in [0.2, 0.25) is 0 Å². The van der Waals surface area contributed by atoms with Gasteiger partial charge in [0.05, 0.1) is 18.1 Å². The van der Waals surface area contributed by atoms with Gasteiger partial charge in [0.25, 0.3) is 0 Å². The lowest BCUT2D eigenvalue weighted by atomic mass is 10.3. The predicted octanol–water partition coefficient (Wildman–Crippen LogP) is 0.514. The normalized spacial score (nSPS) is 17.2. The Morgan fingerprint density at radius 3 is 2.82 bits per heavy atom. The molecule has 0 aromatic carbocycles. The van der Waals surface area contributed by atoms with Crippen molar-refractivity contribution in [1.82, 2.24) is 14.7 Å². The van der Waals surface area contributed by atoms with Gasteiger partial charge in [-0.25, -0.2) is 0 Å². The fraction of sp³-hybridized carbons (Fsp3) is 0.700. The Hall–Kier alpha value is -1.47. The second-order valence-electron chi connectivity index (χ2n) is 4.03.